The van der Waals surface area contributed by atoms with E-state index in [0.29, 0.717) is 35.0 Å². The minimum Gasteiger partial charge on any atom is -0.493 e. The highest BCUT2D eigenvalue weighted by molar-refractivity contribution is 7.99. The predicted octanol–water partition coefficient (Wildman–Crippen LogP) is 3.61. The van der Waals surface area contributed by atoms with E-state index >= 15 is 0 Å². The topological polar surface area (TPSA) is 54.0 Å². The molecule has 0 aromatic heterocycles. The van der Waals surface area contributed by atoms with Gasteiger partial charge in [-0.05, 0) is 29.8 Å². The second kappa shape index (κ2) is 6.65. The number of Topliss-reactive ketones (excluding diaryl/α,β-unsaturated/α-hetero) is 1. The van der Waals surface area contributed by atoms with Crippen LogP contribution in [0.1, 0.15) is 15.9 Å². The first kappa shape index (κ1) is 16.5. The van der Waals surface area contributed by atoms with Crippen LogP contribution in [0.3, 0.4) is 0 Å². The molecule has 0 atom stereocenters. The Kier molecular flexibility index (Phi) is 4.57. The first-order valence-corrected chi connectivity index (χ1v) is 8.14. The van der Waals surface area contributed by atoms with E-state index in [1.165, 1.54) is 11.8 Å². The summed E-state index contributed by atoms with van der Waals surface area (Å²) in [5.41, 5.74) is 1.54. The molecular weight excluding hydrogens is 328 g/mol. The van der Waals surface area contributed by atoms with E-state index in [-0.39, 0.29) is 5.78 Å². The van der Waals surface area contributed by atoms with Crippen molar-refractivity contribution in [2.45, 2.75) is 16.2 Å². The number of fused-ring (bicyclic) bond motifs is 2. The van der Waals surface area contributed by atoms with Gasteiger partial charge in [0.1, 0.15) is 0 Å². The summed E-state index contributed by atoms with van der Waals surface area (Å²) in [4.78, 5) is 14.5. The van der Waals surface area contributed by atoms with E-state index in [1.54, 1.807) is 34.5 Å². The lowest BCUT2D eigenvalue weighted by Gasteiger charge is -2.13. The fourth-order valence-corrected chi connectivity index (χ4v) is 3.80. The van der Waals surface area contributed by atoms with Crippen LogP contribution in [0.4, 0.5) is 0 Å². The highest BCUT2D eigenvalue weighted by atomic mass is 32.2. The lowest BCUT2D eigenvalue weighted by atomic mass is 10.0. The molecule has 6 heteroatoms. The average Bonchev–Trinajstić information content (AvgIpc) is 2.74. The van der Waals surface area contributed by atoms with Crippen molar-refractivity contribution in [3.8, 4) is 23.0 Å². The third-order valence-electron chi connectivity index (χ3n) is 3.92. The van der Waals surface area contributed by atoms with E-state index in [9.17, 15) is 4.79 Å². The molecule has 0 saturated carbocycles. The van der Waals surface area contributed by atoms with Crippen molar-refractivity contribution in [2.24, 2.45) is 0 Å². The SMILES string of the molecule is COc1cc2c(cc1OC)Sc1cc(OC)c(OC)cc1C(=O)C2. The monoisotopic (exact) mass is 346 g/mol. The minimum atomic E-state index is 0.0319. The van der Waals surface area contributed by atoms with Crippen LogP contribution in [0.25, 0.3) is 0 Å². The number of benzene rings is 2. The van der Waals surface area contributed by atoms with Gasteiger partial charge in [-0.15, -0.1) is 0 Å². The molecule has 0 bridgehead atoms. The molecule has 0 radical (unpaired) electrons. The van der Waals surface area contributed by atoms with Crippen LogP contribution >= 0.6 is 11.8 Å². The summed E-state index contributed by atoms with van der Waals surface area (Å²) in [6.45, 7) is 0. The summed E-state index contributed by atoms with van der Waals surface area (Å²) in [6.07, 6.45) is 0.297. The number of methoxy groups -OCH3 is 4. The molecule has 2 aromatic carbocycles. The Bertz CT molecular complexity index is 800. The van der Waals surface area contributed by atoms with E-state index in [2.05, 4.69) is 0 Å². The second-order valence-electron chi connectivity index (χ2n) is 5.22. The highest BCUT2D eigenvalue weighted by Crippen LogP contribution is 2.45. The number of hydrogen-bond donors (Lipinski definition) is 0. The lowest BCUT2D eigenvalue weighted by molar-refractivity contribution is 0.0989. The molecule has 2 aromatic rings. The van der Waals surface area contributed by atoms with E-state index in [1.807, 2.05) is 18.2 Å². The van der Waals surface area contributed by atoms with Crippen LogP contribution in [-0.2, 0) is 6.42 Å². The van der Waals surface area contributed by atoms with Crippen molar-refractivity contribution in [3.05, 3.63) is 35.4 Å². The first-order valence-electron chi connectivity index (χ1n) is 7.33. The van der Waals surface area contributed by atoms with Crippen molar-refractivity contribution < 1.29 is 23.7 Å². The van der Waals surface area contributed by atoms with Gasteiger partial charge >= 0.3 is 0 Å². The second-order valence-corrected chi connectivity index (χ2v) is 6.30. The van der Waals surface area contributed by atoms with E-state index in [0.717, 1.165) is 15.4 Å². The third kappa shape index (κ3) is 2.78. The summed E-state index contributed by atoms with van der Waals surface area (Å²) in [5, 5.41) is 0. The molecule has 0 aliphatic carbocycles. The molecule has 5 nitrogen and oxygen atoms in total. The van der Waals surface area contributed by atoms with Gasteiger partial charge in [-0.1, -0.05) is 11.8 Å². The molecule has 24 heavy (non-hydrogen) atoms. The number of carbonyl (C=O) groups excluding carboxylic acids is 1. The Morgan fingerprint density at radius 2 is 1.25 bits per heavy atom. The third-order valence-corrected chi connectivity index (χ3v) is 5.08. The van der Waals surface area contributed by atoms with Crippen molar-refractivity contribution in [1.29, 1.82) is 0 Å². The maximum absolute atomic E-state index is 12.7. The molecule has 0 saturated heterocycles. The molecule has 0 fully saturated rings. The van der Waals surface area contributed by atoms with Gasteiger partial charge in [0.15, 0.2) is 28.8 Å². The molecule has 0 unspecified atom stereocenters. The van der Waals surface area contributed by atoms with Crippen LogP contribution < -0.4 is 18.9 Å². The van der Waals surface area contributed by atoms with E-state index < -0.39 is 0 Å². The zero-order valence-corrected chi connectivity index (χ0v) is 14.8. The highest BCUT2D eigenvalue weighted by Gasteiger charge is 2.24. The molecule has 0 spiro atoms. The molecule has 126 valence electrons. The normalized spacial score (nSPS) is 12.8. The van der Waals surface area contributed by atoms with Gasteiger partial charge in [-0.2, -0.15) is 0 Å². The smallest absolute Gasteiger partial charge is 0.168 e. The Morgan fingerprint density at radius 1 is 0.750 bits per heavy atom. The minimum absolute atomic E-state index is 0.0319. The van der Waals surface area contributed by atoms with Crippen LogP contribution in [0.15, 0.2) is 34.1 Å². The van der Waals surface area contributed by atoms with Crippen molar-refractivity contribution >= 4 is 17.5 Å². The fourth-order valence-electron chi connectivity index (χ4n) is 2.68. The number of rotatable bonds is 4. The number of carbonyl (C=O) groups is 1. The first-order chi connectivity index (χ1) is 11.6. The lowest BCUT2D eigenvalue weighted by Crippen LogP contribution is -2.05. The maximum atomic E-state index is 12.7. The summed E-state index contributed by atoms with van der Waals surface area (Å²) in [5.74, 6) is 2.43. The van der Waals surface area contributed by atoms with Crippen molar-refractivity contribution in [2.75, 3.05) is 28.4 Å². The van der Waals surface area contributed by atoms with Gasteiger partial charge in [0, 0.05) is 21.8 Å². The molecule has 1 aliphatic heterocycles. The molecule has 1 heterocycles. The van der Waals surface area contributed by atoms with Crippen LogP contribution in [0.5, 0.6) is 23.0 Å². The summed E-state index contributed by atoms with van der Waals surface area (Å²) in [7, 11) is 6.32. The summed E-state index contributed by atoms with van der Waals surface area (Å²) in [6, 6.07) is 7.34. The molecule has 3 rings (SSSR count). The Hall–Kier alpha value is -2.34. The quantitative estimate of drug-likeness (QED) is 0.843. The zero-order valence-electron chi connectivity index (χ0n) is 14.0. The number of ketones is 1. The van der Waals surface area contributed by atoms with Gasteiger partial charge in [-0.25, -0.2) is 0 Å². The van der Waals surface area contributed by atoms with Crippen LogP contribution in [0.2, 0.25) is 0 Å². The van der Waals surface area contributed by atoms with Gasteiger partial charge in [0.2, 0.25) is 0 Å². The average molecular weight is 346 g/mol. The Morgan fingerprint density at radius 3 is 1.83 bits per heavy atom. The van der Waals surface area contributed by atoms with Gasteiger partial charge in [-0.3, -0.25) is 4.79 Å². The number of ether oxygens (including phenoxy) is 4. The molecule has 1 aliphatic rings. The predicted molar refractivity (Wildman–Crippen MR) is 91.2 cm³/mol. The van der Waals surface area contributed by atoms with Crippen molar-refractivity contribution in [3.63, 3.8) is 0 Å². The molecule has 0 amide bonds. The molecule has 0 N–H and O–H groups in total. The Labute approximate surface area is 144 Å². The zero-order chi connectivity index (χ0) is 17.3. The maximum Gasteiger partial charge on any atom is 0.168 e. The fraction of sp³-hybridized carbons (Fsp3) is 0.278. The van der Waals surface area contributed by atoms with Crippen molar-refractivity contribution in [1.82, 2.24) is 0 Å². The van der Waals surface area contributed by atoms with E-state index in [4.69, 9.17) is 18.9 Å². The molecular formula is C18H18O5S. The number of hydrogen-bond acceptors (Lipinski definition) is 6. The van der Waals surface area contributed by atoms with Crippen LogP contribution in [0, 0.1) is 0 Å². The van der Waals surface area contributed by atoms with Gasteiger partial charge in [0.05, 0.1) is 28.4 Å². The van der Waals surface area contributed by atoms with Gasteiger partial charge in [0.25, 0.3) is 0 Å². The van der Waals surface area contributed by atoms with Crippen LogP contribution in [-0.4, -0.2) is 34.2 Å². The summed E-state index contributed by atoms with van der Waals surface area (Å²) >= 11 is 1.51. The Balaban J connectivity index is 2.14. The largest absolute Gasteiger partial charge is 0.493 e. The van der Waals surface area contributed by atoms with Gasteiger partial charge < -0.3 is 18.9 Å². The standard InChI is InChI=1S/C18H18O5S/c1-20-13-6-10-5-12(19)11-7-14(21-2)16(23-4)9-18(11)24-17(10)8-15(13)22-3/h6-9H,5H2,1-4H3. The summed E-state index contributed by atoms with van der Waals surface area (Å²) < 4.78 is 21.4.